The van der Waals surface area contributed by atoms with E-state index in [1.165, 1.54) is 6.08 Å². The molecule has 2 rings (SSSR count). The molecule has 8 heteroatoms. The molecule has 2 aromatic rings. The largest absolute Gasteiger partial charge is 0.494 e. The Morgan fingerprint density at radius 2 is 1.32 bits per heavy atom. The van der Waals surface area contributed by atoms with Crippen LogP contribution in [0.4, 0.5) is 5.69 Å². The number of rotatable bonds is 10. The fourth-order valence-corrected chi connectivity index (χ4v) is 2.50. The van der Waals surface area contributed by atoms with E-state index in [2.05, 4.69) is 16.2 Å². The number of anilines is 1. The molecule has 8 nitrogen and oxygen atoms in total. The molecule has 2 aromatic carbocycles. The maximum absolute atomic E-state index is 12.0. The number of amides is 3. The fraction of sp³-hybridized carbons (Fsp3) is 0.261. The van der Waals surface area contributed by atoms with E-state index in [9.17, 15) is 14.4 Å². The van der Waals surface area contributed by atoms with E-state index in [-0.39, 0.29) is 18.7 Å². The van der Waals surface area contributed by atoms with Crippen LogP contribution in [-0.2, 0) is 14.4 Å². The van der Waals surface area contributed by atoms with E-state index in [0.29, 0.717) is 24.7 Å². The molecule has 0 aliphatic heterocycles. The van der Waals surface area contributed by atoms with Gasteiger partial charge in [0.15, 0.2) is 0 Å². The minimum atomic E-state index is -0.485. The predicted octanol–water partition coefficient (Wildman–Crippen LogP) is 3.06. The summed E-state index contributed by atoms with van der Waals surface area (Å²) in [5.41, 5.74) is 5.99. The Kier molecular flexibility index (Phi) is 9.61. The molecule has 0 unspecified atom stereocenters. The molecule has 0 radical (unpaired) electrons. The van der Waals surface area contributed by atoms with E-state index in [1.54, 1.807) is 42.5 Å². The SMILES string of the molecule is CCOc1ccc(/C=C/C(=O)NNC(=O)CCC(=O)Nc2ccc(OCC)cc2)cc1. The second kappa shape index (κ2) is 12.7. The Hall–Kier alpha value is -3.81. The number of carbonyl (C=O) groups excluding carboxylic acids is 3. The van der Waals surface area contributed by atoms with Crippen LogP contribution >= 0.6 is 0 Å². The first kappa shape index (κ1) is 23.5. The third-order valence-electron chi connectivity index (χ3n) is 3.97. The summed E-state index contributed by atoms with van der Waals surface area (Å²) < 4.78 is 10.7. The van der Waals surface area contributed by atoms with Gasteiger partial charge >= 0.3 is 0 Å². The van der Waals surface area contributed by atoms with Crippen molar-refractivity contribution in [1.82, 2.24) is 10.9 Å². The third kappa shape index (κ3) is 9.03. The Morgan fingerprint density at radius 3 is 1.90 bits per heavy atom. The molecule has 0 atom stereocenters. The normalized spacial score (nSPS) is 10.4. The molecule has 0 aromatic heterocycles. The average Bonchev–Trinajstić information content (AvgIpc) is 2.77. The standard InChI is InChI=1S/C23H27N3O5/c1-3-30-19-10-5-17(6-11-19)7-14-22(28)25-26-23(29)16-15-21(27)24-18-8-12-20(13-9-18)31-4-2/h5-14H,3-4,15-16H2,1-2H3,(H,24,27)(H,25,28)(H,26,29)/b14-7+. The van der Waals surface area contributed by atoms with E-state index >= 15 is 0 Å². The zero-order chi connectivity index (χ0) is 22.5. The Bertz CT molecular complexity index is 892. The van der Waals surface area contributed by atoms with Crippen molar-refractivity contribution < 1.29 is 23.9 Å². The molecule has 31 heavy (non-hydrogen) atoms. The number of hydrogen-bond donors (Lipinski definition) is 3. The van der Waals surface area contributed by atoms with Crippen LogP contribution in [0.1, 0.15) is 32.3 Å². The molecule has 0 heterocycles. The van der Waals surface area contributed by atoms with Crippen LogP contribution in [0, 0.1) is 0 Å². The van der Waals surface area contributed by atoms with Gasteiger partial charge < -0.3 is 14.8 Å². The lowest BCUT2D eigenvalue weighted by Gasteiger charge is -2.08. The lowest BCUT2D eigenvalue weighted by atomic mass is 10.2. The fourth-order valence-electron chi connectivity index (χ4n) is 2.50. The van der Waals surface area contributed by atoms with Gasteiger partial charge in [-0.2, -0.15) is 0 Å². The topological polar surface area (TPSA) is 106 Å². The minimum absolute atomic E-state index is 0.0169. The molecule has 0 aliphatic rings. The van der Waals surface area contributed by atoms with Gasteiger partial charge in [-0.15, -0.1) is 0 Å². The van der Waals surface area contributed by atoms with Crippen LogP contribution in [0.2, 0.25) is 0 Å². The zero-order valence-electron chi connectivity index (χ0n) is 17.6. The van der Waals surface area contributed by atoms with E-state index in [1.807, 2.05) is 26.0 Å². The molecule has 0 spiro atoms. The Balaban J connectivity index is 1.67. The molecule has 0 fully saturated rings. The highest BCUT2D eigenvalue weighted by atomic mass is 16.5. The third-order valence-corrected chi connectivity index (χ3v) is 3.97. The van der Waals surface area contributed by atoms with Gasteiger partial charge in [0.2, 0.25) is 11.8 Å². The van der Waals surface area contributed by atoms with Gasteiger partial charge in [-0.1, -0.05) is 12.1 Å². The van der Waals surface area contributed by atoms with Crippen molar-refractivity contribution >= 4 is 29.5 Å². The molecular weight excluding hydrogens is 398 g/mol. The van der Waals surface area contributed by atoms with Gasteiger partial charge in [0, 0.05) is 24.6 Å². The van der Waals surface area contributed by atoms with E-state index in [0.717, 1.165) is 11.3 Å². The Labute approximate surface area is 181 Å². The van der Waals surface area contributed by atoms with Crippen molar-refractivity contribution in [3.63, 3.8) is 0 Å². The first-order valence-corrected chi connectivity index (χ1v) is 10.0. The zero-order valence-corrected chi connectivity index (χ0v) is 17.6. The van der Waals surface area contributed by atoms with Crippen molar-refractivity contribution in [2.75, 3.05) is 18.5 Å². The molecule has 0 bridgehead atoms. The monoisotopic (exact) mass is 425 g/mol. The van der Waals surface area contributed by atoms with Crippen molar-refractivity contribution in [3.8, 4) is 11.5 Å². The van der Waals surface area contributed by atoms with Gasteiger partial charge in [-0.3, -0.25) is 25.2 Å². The highest BCUT2D eigenvalue weighted by molar-refractivity contribution is 5.95. The maximum Gasteiger partial charge on any atom is 0.262 e. The van der Waals surface area contributed by atoms with E-state index < -0.39 is 11.8 Å². The second-order valence-corrected chi connectivity index (χ2v) is 6.38. The summed E-state index contributed by atoms with van der Waals surface area (Å²) in [6.07, 6.45) is 2.83. The van der Waals surface area contributed by atoms with Crippen molar-refractivity contribution in [1.29, 1.82) is 0 Å². The average molecular weight is 425 g/mol. The van der Waals surface area contributed by atoms with Crippen LogP contribution in [0.15, 0.2) is 54.6 Å². The molecule has 3 N–H and O–H groups in total. The lowest BCUT2D eigenvalue weighted by Crippen LogP contribution is -2.41. The van der Waals surface area contributed by atoms with Crippen LogP contribution < -0.4 is 25.6 Å². The summed E-state index contributed by atoms with van der Waals surface area (Å²) >= 11 is 0. The number of benzene rings is 2. The van der Waals surface area contributed by atoms with Gasteiger partial charge in [-0.25, -0.2) is 0 Å². The highest BCUT2D eigenvalue weighted by Crippen LogP contribution is 2.16. The summed E-state index contributed by atoms with van der Waals surface area (Å²) in [6.45, 7) is 4.94. The number of nitrogens with one attached hydrogen (secondary N) is 3. The van der Waals surface area contributed by atoms with Crippen molar-refractivity contribution in [2.45, 2.75) is 26.7 Å². The summed E-state index contributed by atoms with van der Waals surface area (Å²) in [4.78, 5) is 35.6. The highest BCUT2D eigenvalue weighted by Gasteiger charge is 2.08. The molecule has 164 valence electrons. The molecular formula is C23H27N3O5. The molecule has 3 amide bonds. The summed E-state index contributed by atoms with van der Waals surface area (Å²) in [5, 5.41) is 2.70. The second-order valence-electron chi connectivity index (χ2n) is 6.38. The number of hydrazine groups is 1. The minimum Gasteiger partial charge on any atom is -0.494 e. The molecule has 0 saturated carbocycles. The van der Waals surface area contributed by atoms with Crippen LogP contribution in [0.5, 0.6) is 11.5 Å². The van der Waals surface area contributed by atoms with Gasteiger partial charge in [0.1, 0.15) is 11.5 Å². The summed E-state index contributed by atoms with van der Waals surface area (Å²) in [7, 11) is 0. The first-order valence-electron chi connectivity index (χ1n) is 10.0. The summed E-state index contributed by atoms with van der Waals surface area (Å²) in [5.74, 6) is 0.210. The van der Waals surface area contributed by atoms with Crippen LogP contribution in [0.3, 0.4) is 0 Å². The van der Waals surface area contributed by atoms with Crippen LogP contribution in [0.25, 0.3) is 6.08 Å². The number of carbonyl (C=O) groups is 3. The van der Waals surface area contributed by atoms with Gasteiger partial charge in [-0.05, 0) is 61.9 Å². The van der Waals surface area contributed by atoms with E-state index in [4.69, 9.17) is 9.47 Å². The maximum atomic E-state index is 12.0. The van der Waals surface area contributed by atoms with Crippen molar-refractivity contribution in [2.24, 2.45) is 0 Å². The predicted molar refractivity (Wildman–Crippen MR) is 118 cm³/mol. The Morgan fingerprint density at radius 1 is 0.774 bits per heavy atom. The number of ether oxygens (including phenoxy) is 2. The van der Waals surface area contributed by atoms with Crippen LogP contribution in [-0.4, -0.2) is 30.9 Å². The quantitative estimate of drug-likeness (QED) is 0.401. The smallest absolute Gasteiger partial charge is 0.262 e. The van der Waals surface area contributed by atoms with Crippen molar-refractivity contribution in [3.05, 3.63) is 60.2 Å². The number of hydrogen-bond acceptors (Lipinski definition) is 5. The lowest BCUT2D eigenvalue weighted by molar-refractivity contribution is -0.128. The van der Waals surface area contributed by atoms with Gasteiger partial charge in [0.25, 0.3) is 5.91 Å². The van der Waals surface area contributed by atoms with Gasteiger partial charge in [0.05, 0.1) is 13.2 Å². The first-order chi connectivity index (χ1) is 15.0. The molecule has 0 aliphatic carbocycles. The molecule has 0 saturated heterocycles. The summed E-state index contributed by atoms with van der Waals surface area (Å²) in [6, 6.07) is 14.2.